The number of benzene rings is 1. The van der Waals surface area contributed by atoms with Crippen LogP contribution in [0.5, 0.6) is 5.75 Å². The van der Waals surface area contributed by atoms with Gasteiger partial charge in [0.05, 0.1) is 5.56 Å². The average Bonchev–Trinajstić information content (AvgIpc) is 3.13. The highest BCUT2D eigenvalue weighted by atomic mass is 35.5. The topological polar surface area (TPSA) is 75.3 Å². The van der Waals surface area contributed by atoms with Gasteiger partial charge >= 0.3 is 0 Å². The number of amides is 1. The van der Waals surface area contributed by atoms with Gasteiger partial charge in [0, 0.05) is 17.6 Å². The molecule has 2 rings (SSSR count). The molecule has 4 nitrogen and oxygen atoms in total. The molecule has 5 heteroatoms. The van der Waals surface area contributed by atoms with Crippen LogP contribution in [-0.4, -0.2) is 23.6 Å². The highest BCUT2D eigenvalue weighted by Crippen LogP contribution is 2.32. The van der Waals surface area contributed by atoms with Crippen LogP contribution in [0.4, 0.5) is 0 Å². The highest BCUT2D eigenvalue weighted by molar-refractivity contribution is 6.31. The second kappa shape index (κ2) is 4.94. The minimum atomic E-state index is -0.327. The van der Waals surface area contributed by atoms with Crippen molar-refractivity contribution in [2.45, 2.75) is 18.9 Å². The maximum absolute atomic E-state index is 11.9. The standard InChI is InChI=1S/C12H15ClN2O2/c13-8-3-4-11(16)9(5-8)12(17)15-10(6-14)7-1-2-7/h3-5,7,10,16H,1-2,6,14H2,(H,15,17). The van der Waals surface area contributed by atoms with Crippen molar-refractivity contribution in [2.75, 3.05) is 6.54 Å². The molecule has 0 saturated heterocycles. The molecule has 1 aromatic carbocycles. The van der Waals surface area contributed by atoms with Crippen molar-refractivity contribution in [2.24, 2.45) is 11.7 Å². The second-order valence-electron chi connectivity index (χ2n) is 4.31. The van der Waals surface area contributed by atoms with Gasteiger partial charge in [-0.3, -0.25) is 4.79 Å². The summed E-state index contributed by atoms with van der Waals surface area (Å²) in [6.07, 6.45) is 2.20. The first-order valence-corrected chi connectivity index (χ1v) is 5.99. The molecule has 92 valence electrons. The lowest BCUT2D eigenvalue weighted by molar-refractivity contribution is 0.0931. The number of carbonyl (C=O) groups is 1. The molecule has 1 unspecified atom stereocenters. The third kappa shape index (κ3) is 2.90. The van der Waals surface area contributed by atoms with E-state index in [-0.39, 0.29) is 23.3 Å². The Labute approximate surface area is 105 Å². The molecule has 0 spiro atoms. The zero-order valence-corrected chi connectivity index (χ0v) is 10.1. The fraction of sp³-hybridized carbons (Fsp3) is 0.417. The van der Waals surface area contributed by atoms with Crippen LogP contribution >= 0.6 is 11.6 Å². The van der Waals surface area contributed by atoms with Crippen LogP contribution < -0.4 is 11.1 Å². The van der Waals surface area contributed by atoms with Crippen molar-refractivity contribution in [1.29, 1.82) is 0 Å². The van der Waals surface area contributed by atoms with E-state index in [1.54, 1.807) is 0 Å². The number of rotatable bonds is 4. The van der Waals surface area contributed by atoms with Crippen molar-refractivity contribution in [3.63, 3.8) is 0 Å². The summed E-state index contributed by atoms with van der Waals surface area (Å²) in [6, 6.07) is 4.38. The van der Waals surface area contributed by atoms with E-state index < -0.39 is 0 Å². The van der Waals surface area contributed by atoms with E-state index in [2.05, 4.69) is 5.32 Å². The minimum Gasteiger partial charge on any atom is -0.507 e. The zero-order chi connectivity index (χ0) is 12.4. The van der Waals surface area contributed by atoms with Crippen molar-refractivity contribution >= 4 is 17.5 Å². The Bertz CT molecular complexity index is 433. The van der Waals surface area contributed by atoms with E-state index >= 15 is 0 Å². The number of carbonyl (C=O) groups excluding carboxylic acids is 1. The predicted octanol–water partition coefficient (Wildman–Crippen LogP) is 1.51. The van der Waals surface area contributed by atoms with E-state index in [4.69, 9.17) is 17.3 Å². The van der Waals surface area contributed by atoms with Crippen LogP contribution in [0.1, 0.15) is 23.2 Å². The molecule has 0 aromatic heterocycles. The molecule has 0 aliphatic heterocycles. The van der Waals surface area contributed by atoms with Crippen molar-refractivity contribution in [1.82, 2.24) is 5.32 Å². The van der Waals surface area contributed by atoms with Gasteiger partial charge < -0.3 is 16.2 Å². The smallest absolute Gasteiger partial charge is 0.255 e. The number of hydrogen-bond acceptors (Lipinski definition) is 3. The van der Waals surface area contributed by atoms with Gasteiger partial charge in [0.1, 0.15) is 5.75 Å². The fourth-order valence-corrected chi connectivity index (χ4v) is 1.98. The van der Waals surface area contributed by atoms with Gasteiger partial charge in [0.15, 0.2) is 0 Å². The van der Waals surface area contributed by atoms with E-state index in [1.807, 2.05) is 0 Å². The monoisotopic (exact) mass is 254 g/mol. The molecule has 17 heavy (non-hydrogen) atoms. The number of halogens is 1. The van der Waals surface area contributed by atoms with Crippen molar-refractivity contribution in [3.8, 4) is 5.75 Å². The molecule has 1 aromatic rings. The molecule has 1 aliphatic carbocycles. The van der Waals surface area contributed by atoms with Crippen molar-refractivity contribution in [3.05, 3.63) is 28.8 Å². The summed E-state index contributed by atoms with van der Waals surface area (Å²) in [7, 11) is 0. The third-order valence-electron chi connectivity index (χ3n) is 2.96. The van der Waals surface area contributed by atoms with Crippen LogP contribution in [0.3, 0.4) is 0 Å². The molecule has 0 heterocycles. The summed E-state index contributed by atoms with van der Waals surface area (Å²) in [4.78, 5) is 11.9. The van der Waals surface area contributed by atoms with E-state index in [1.165, 1.54) is 18.2 Å². The van der Waals surface area contributed by atoms with Gasteiger partial charge in [-0.25, -0.2) is 0 Å². The fourth-order valence-electron chi connectivity index (χ4n) is 1.80. The summed E-state index contributed by atoms with van der Waals surface area (Å²) >= 11 is 5.79. The largest absolute Gasteiger partial charge is 0.507 e. The molecule has 1 saturated carbocycles. The quantitative estimate of drug-likeness (QED) is 0.762. The maximum atomic E-state index is 11.9. The summed E-state index contributed by atoms with van der Waals surface area (Å²) in [5.74, 6) is 0.0797. The van der Waals surface area contributed by atoms with E-state index in [9.17, 15) is 9.90 Å². The highest BCUT2D eigenvalue weighted by Gasteiger charge is 2.31. The van der Waals surface area contributed by atoms with Gasteiger partial charge in [0.2, 0.25) is 0 Å². The molecular formula is C12H15ClN2O2. The Kier molecular flexibility index (Phi) is 3.54. The van der Waals surface area contributed by atoms with Gasteiger partial charge in [-0.15, -0.1) is 0 Å². The summed E-state index contributed by atoms with van der Waals surface area (Å²) in [5.41, 5.74) is 5.80. The van der Waals surface area contributed by atoms with Crippen LogP contribution in [0.15, 0.2) is 18.2 Å². The molecule has 1 aliphatic rings. The first-order chi connectivity index (χ1) is 8.11. The first kappa shape index (κ1) is 12.2. The number of phenols is 1. The molecular weight excluding hydrogens is 240 g/mol. The zero-order valence-electron chi connectivity index (χ0n) is 9.32. The van der Waals surface area contributed by atoms with Gasteiger partial charge in [0.25, 0.3) is 5.91 Å². The van der Waals surface area contributed by atoms with Gasteiger partial charge in [-0.05, 0) is 37.0 Å². The number of nitrogens with one attached hydrogen (secondary N) is 1. The number of aromatic hydroxyl groups is 1. The molecule has 1 fully saturated rings. The lowest BCUT2D eigenvalue weighted by Gasteiger charge is -2.16. The molecule has 0 radical (unpaired) electrons. The number of nitrogens with two attached hydrogens (primary N) is 1. The Hall–Kier alpha value is -1.26. The third-order valence-corrected chi connectivity index (χ3v) is 3.20. The average molecular weight is 255 g/mol. The van der Waals surface area contributed by atoms with Crippen molar-refractivity contribution < 1.29 is 9.90 Å². The Morgan fingerprint density at radius 2 is 2.29 bits per heavy atom. The summed E-state index contributed by atoms with van der Waals surface area (Å²) in [6.45, 7) is 0.414. The van der Waals surface area contributed by atoms with Gasteiger partial charge in [-0.2, -0.15) is 0 Å². The lowest BCUT2D eigenvalue weighted by atomic mass is 10.1. The Balaban J connectivity index is 2.10. The normalized spacial score (nSPS) is 16.6. The van der Waals surface area contributed by atoms with Gasteiger partial charge in [-0.1, -0.05) is 11.6 Å². The van der Waals surface area contributed by atoms with E-state index in [0.717, 1.165) is 12.8 Å². The minimum absolute atomic E-state index is 0.0131. The van der Waals surface area contributed by atoms with Crippen LogP contribution in [-0.2, 0) is 0 Å². The van der Waals surface area contributed by atoms with E-state index in [0.29, 0.717) is 17.5 Å². The lowest BCUT2D eigenvalue weighted by Crippen LogP contribution is -2.41. The Morgan fingerprint density at radius 1 is 1.59 bits per heavy atom. The SMILES string of the molecule is NCC(NC(=O)c1cc(Cl)ccc1O)C1CC1. The molecule has 4 N–H and O–H groups in total. The van der Waals surface area contributed by atoms with Crippen LogP contribution in [0.25, 0.3) is 0 Å². The second-order valence-corrected chi connectivity index (χ2v) is 4.75. The van der Waals surface area contributed by atoms with Crippen LogP contribution in [0.2, 0.25) is 5.02 Å². The Morgan fingerprint density at radius 3 is 2.88 bits per heavy atom. The summed E-state index contributed by atoms with van der Waals surface area (Å²) < 4.78 is 0. The predicted molar refractivity (Wildman–Crippen MR) is 66.1 cm³/mol. The molecule has 1 amide bonds. The number of phenolic OH excluding ortho intramolecular Hbond substituents is 1. The number of hydrogen-bond donors (Lipinski definition) is 3. The first-order valence-electron chi connectivity index (χ1n) is 5.61. The molecule has 0 bridgehead atoms. The maximum Gasteiger partial charge on any atom is 0.255 e. The summed E-state index contributed by atoms with van der Waals surface area (Å²) in [5, 5.41) is 12.8. The molecule has 1 atom stereocenters. The van der Waals surface area contributed by atoms with Crippen LogP contribution in [0, 0.1) is 5.92 Å².